The van der Waals surface area contributed by atoms with E-state index in [1.54, 1.807) is 0 Å². The van der Waals surface area contributed by atoms with Gasteiger partial charge in [0.2, 0.25) is 5.96 Å². The second kappa shape index (κ2) is 8.32. The molecule has 3 atom stereocenters. The first-order valence-electron chi connectivity index (χ1n) is 10.5. The minimum absolute atomic E-state index is 0.166. The molecule has 0 bridgehead atoms. The van der Waals surface area contributed by atoms with Gasteiger partial charge < -0.3 is 15.3 Å². The molecule has 0 aliphatic carbocycles. The van der Waals surface area contributed by atoms with Gasteiger partial charge in [0.15, 0.2) is 6.17 Å². The van der Waals surface area contributed by atoms with Gasteiger partial charge in [-0.1, -0.05) is 6.07 Å². The predicted octanol–water partition coefficient (Wildman–Crippen LogP) is 3.54. The molecule has 0 radical (unpaired) electrons. The van der Waals surface area contributed by atoms with Gasteiger partial charge in [-0.25, -0.2) is 13.8 Å². The zero-order valence-electron chi connectivity index (χ0n) is 17.0. The summed E-state index contributed by atoms with van der Waals surface area (Å²) in [6.07, 6.45) is 1.26. The topological polar surface area (TPSA) is 75.8 Å². The normalized spacial score (nSPS) is 26.0. The van der Waals surface area contributed by atoms with Crippen molar-refractivity contribution in [2.45, 2.75) is 31.2 Å². The molecule has 7 nitrogen and oxygen atoms in total. The van der Waals surface area contributed by atoms with Gasteiger partial charge in [0.1, 0.15) is 11.6 Å². The zero-order valence-corrected chi connectivity index (χ0v) is 17.0. The van der Waals surface area contributed by atoms with Gasteiger partial charge in [-0.05, 0) is 56.3 Å². The number of anilines is 2. The monoisotopic (exact) mass is 426 g/mol. The number of aliphatic hydroxyl groups excluding tert-OH is 1. The van der Waals surface area contributed by atoms with Crippen molar-refractivity contribution in [1.29, 1.82) is 0 Å². The number of aliphatic imine (C=N–C) groups is 1. The van der Waals surface area contributed by atoms with Crippen LogP contribution in [0.2, 0.25) is 0 Å². The third kappa shape index (κ3) is 4.28. The molecule has 0 spiro atoms. The maximum absolute atomic E-state index is 13.5. The molecule has 2 saturated heterocycles. The van der Waals surface area contributed by atoms with Crippen LogP contribution in [0.5, 0.6) is 0 Å². The average molecular weight is 426 g/mol. The molecule has 2 fully saturated rings. The lowest BCUT2D eigenvalue weighted by molar-refractivity contribution is 0.0986. The van der Waals surface area contributed by atoms with Crippen molar-refractivity contribution in [2.75, 3.05) is 36.4 Å². The molecule has 3 aliphatic heterocycles. The van der Waals surface area contributed by atoms with Crippen molar-refractivity contribution >= 4 is 17.3 Å². The molecular formula is C22H24F2N6O. The number of guanidine groups is 1. The number of hydrogen-bond acceptors (Lipinski definition) is 7. The Balaban J connectivity index is 1.27. The van der Waals surface area contributed by atoms with Crippen LogP contribution in [0.15, 0.2) is 57.7 Å². The Hall–Kier alpha value is -2.91. The van der Waals surface area contributed by atoms with Gasteiger partial charge in [0.25, 0.3) is 0 Å². The lowest BCUT2D eigenvalue weighted by Gasteiger charge is -2.25. The molecule has 3 unspecified atom stereocenters. The maximum Gasteiger partial charge on any atom is 0.244 e. The molecule has 31 heavy (non-hydrogen) atoms. The molecule has 2 N–H and O–H groups in total. The smallest absolute Gasteiger partial charge is 0.244 e. The van der Waals surface area contributed by atoms with Crippen molar-refractivity contribution in [3.05, 3.63) is 59.7 Å². The number of nitrogens with zero attached hydrogens (tertiary/aromatic N) is 5. The molecule has 0 aromatic heterocycles. The number of halogens is 2. The van der Waals surface area contributed by atoms with Crippen molar-refractivity contribution in [3.63, 3.8) is 0 Å². The van der Waals surface area contributed by atoms with E-state index in [4.69, 9.17) is 0 Å². The highest BCUT2D eigenvalue weighted by atomic mass is 19.1. The highest BCUT2D eigenvalue weighted by Crippen LogP contribution is 2.29. The highest BCUT2D eigenvalue weighted by molar-refractivity contribution is 5.95. The van der Waals surface area contributed by atoms with Gasteiger partial charge in [0.05, 0.1) is 12.1 Å². The van der Waals surface area contributed by atoms with E-state index in [1.807, 2.05) is 24.3 Å². The number of hydrogen-bond donors (Lipinski definition) is 2. The Kier molecular flexibility index (Phi) is 5.37. The standard InChI is InChI=1S/C22H24F2N6O/c23-15-8-14(9-16(24)10-15)21-26-22(28-27-21)25-17-4-3-5-18(11-17)30-12-19(20(31)13-30)29-6-1-2-7-29/h3-5,8-11,19-21,31H,1-2,6-7,12-13H2,(H,25,26). The molecule has 3 aliphatic rings. The molecule has 2 aromatic carbocycles. The molecule has 0 amide bonds. The number of benzene rings is 2. The number of likely N-dealkylation sites (tertiary alicyclic amines) is 1. The van der Waals surface area contributed by atoms with Crippen LogP contribution in [-0.2, 0) is 0 Å². The van der Waals surface area contributed by atoms with Gasteiger partial charge in [0, 0.05) is 36.1 Å². The first kappa shape index (κ1) is 20.0. The van der Waals surface area contributed by atoms with Gasteiger partial charge in [-0.2, -0.15) is 5.11 Å². The first-order chi connectivity index (χ1) is 15.0. The van der Waals surface area contributed by atoms with Gasteiger partial charge in [-0.3, -0.25) is 4.90 Å². The Morgan fingerprint density at radius 3 is 2.55 bits per heavy atom. The van der Waals surface area contributed by atoms with Crippen LogP contribution in [0.3, 0.4) is 0 Å². The number of azo groups is 1. The van der Waals surface area contributed by atoms with Crippen molar-refractivity contribution in [1.82, 2.24) is 4.90 Å². The summed E-state index contributed by atoms with van der Waals surface area (Å²) in [7, 11) is 0. The first-order valence-corrected chi connectivity index (χ1v) is 10.5. The summed E-state index contributed by atoms with van der Waals surface area (Å²) in [6, 6.07) is 11.2. The van der Waals surface area contributed by atoms with Gasteiger partial charge >= 0.3 is 0 Å². The number of rotatable bonds is 4. The van der Waals surface area contributed by atoms with E-state index in [1.165, 1.54) is 25.0 Å². The van der Waals surface area contributed by atoms with Crippen molar-refractivity contribution in [2.24, 2.45) is 15.2 Å². The Morgan fingerprint density at radius 1 is 1.00 bits per heavy atom. The molecule has 3 heterocycles. The average Bonchev–Trinajstić information content (AvgIpc) is 3.48. The third-order valence-corrected chi connectivity index (χ3v) is 6.03. The van der Waals surface area contributed by atoms with Crippen LogP contribution < -0.4 is 10.2 Å². The van der Waals surface area contributed by atoms with E-state index >= 15 is 0 Å². The Morgan fingerprint density at radius 2 is 1.77 bits per heavy atom. The fourth-order valence-corrected chi connectivity index (χ4v) is 4.52. The summed E-state index contributed by atoms with van der Waals surface area (Å²) < 4.78 is 26.9. The summed E-state index contributed by atoms with van der Waals surface area (Å²) in [4.78, 5) is 8.89. The second-order valence-electron chi connectivity index (χ2n) is 8.20. The van der Waals surface area contributed by atoms with E-state index in [2.05, 4.69) is 30.3 Å². The van der Waals surface area contributed by atoms with E-state index in [0.29, 0.717) is 12.1 Å². The van der Waals surface area contributed by atoms with E-state index in [9.17, 15) is 13.9 Å². The summed E-state index contributed by atoms with van der Waals surface area (Å²) in [5, 5.41) is 21.7. The Labute approximate surface area is 179 Å². The SMILES string of the molecule is OC1CN(c2cccc(NC3=NC(c4cc(F)cc(F)c4)N=N3)c2)CC1N1CCCC1. The fourth-order valence-electron chi connectivity index (χ4n) is 4.52. The molecule has 9 heteroatoms. The minimum Gasteiger partial charge on any atom is -0.390 e. The van der Waals surface area contributed by atoms with Crippen LogP contribution in [0.25, 0.3) is 0 Å². The molecule has 5 rings (SSSR count). The van der Waals surface area contributed by atoms with Crippen molar-refractivity contribution in [3.8, 4) is 0 Å². The largest absolute Gasteiger partial charge is 0.390 e. The second-order valence-corrected chi connectivity index (χ2v) is 8.20. The van der Waals surface area contributed by atoms with Crippen LogP contribution >= 0.6 is 0 Å². The van der Waals surface area contributed by atoms with E-state index < -0.39 is 17.8 Å². The maximum atomic E-state index is 13.5. The number of aliphatic hydroxyl groups is 1. The highest BCUT2D eigenvalue weighted by Gasteiger charge is 2.36. The molecule has 2 aromatic rings. The van der Waals surface area contributed by atoms with Crippen LogP contribution in [-0.4, -0.2) is 54.3 Å². The lowest BCUT2D eigenvalue weighted by atomic mass is 10.2. The summed E-state index contributed by atoms with van der Waals surface area (Å²) in [5.41, 5.74) is 2.09. The minimum atomic E-state index is -0.772. The Bertz CT molecular complexity index is 1000. The zero-order chi connectivity index (χ0) is 21.4. The summed E-state index contributed by atoms with van der Waals surface area (Å²) in [5.74, 6) is -1.06. The molecule has 162 valence electrons. The van der Waals surface area contributed by atoms with Crippen LogP contribution in [0, 0.1) is 11.6 Å². The van der Waals surface area contributed by atoms with E-state index in [-0.39, 0.29) is 18.1 Å². The molecule has 0 saturated carbocycles. The van der Waals surface area contributed by atoms with Crippen molar-refractivity contribution < 1.29 is 13.9 Å². The molecular weight excluding hydrogens is 402 g/mol. The summed E-state index contributed by atoms with van der Waals surface area (Å²) >= 11 is 0. The van der Waals surface area contributed by atoms with Gasteiger partial charge in [-0.15, -0.1) is 5.11 Å². The predicted molar refractivity (Wildman–Crippen MR) is 114 cm³/mol. The lowest BCUT2D eigenvalue weighted by Crippen LogP contribution is -2.41. The number of β-amino-alcohol motifs (C(OH)–C–C–N with tert-alkyl or cyclic N) is 1. The van der Waals surface area contributed by atoms with Crippen LogP contribution in [0.1, 0.15) is 24.6 Å². The third-order valence-electron chi connectivity index (χ3n) is 6.03. The summed E-state index contributed by atoms with van der Waals surface area (Å²) in [6.45, 7) is 3.49. The quantitative estimate of drug-likeness (QED) is 0.784. The number of nitrogens with one attached hydrogen (secondary N) is 1. The fraction of sp³-hybridized carbons (Fsp3) is 0.409. The van der Waals surface area contributed by atoms with E-state index in [0.717, 1.165) is 37.1 Å². The van der Waals surface area contributed by atoms with Crippen LogP contribution in [0.4, 0.5) is 20.2 Å².